The average molecular weight is 514 g/mol. The zero-order valence-corrected chi connectivity index (χ0v) is 21.2. The second-order valence-corrected chi connectivity index (χ2v) is 10.4. The molecule has 2 saturated carbocycles. The fraction of sp³-hybridized carbons (Fsp3) is 0.577. The molecule has 198 valence electrons. The molecule has 3 aromatic heterocycles. The molecule has 5 rings (SSSR count). The summed E-state index contributed by atoms with van der Waals surface area (Å²) in [6.45, 7) is 1.97. The standard InChI is InChI=1S/C26H33F2N7O2/c1-3-4-22(36)32-23(16-5-6-16)18-13-21-31-19(15-35(21)30-14-18)24(17-7-10-26(27,28)11-8-17)33-25(37)20-9-12-29-34(20)2/h9,12-17,23-24H,3-8,10-11H2,1-2H3,(H,32,36)(H,33,37)/t23?,24-/m0/s1. The van der Waals surface area contributed by atoms with Crippen molar-refractivity contribution in [3.63, 3.8) is 0 Å². The summed E-state index contributed by atoms with van der Waals surface area (Å²) in [4.78, 5) is 30.2. The van der Waals surface area contributed by atoms with E-state index in [1.165, 1.54) is 10.9 Å². The summed E-state index contributed by atoms with van der Waals surface area (Å²) in [7, 11) is 1.68. The van der Waals surface area contributed by atoms with E-state index in [1.54, 1.807) is 30.0 Å². The summed E-state index contributed by atoms with van der Waals surface area (Å²) >= 11 is 0. The number of hydrogen-bond donors (Lipinski definition) is 2. The minimum Gasteiger partial charge on any atom is -0.349 e. The number of rotatable bonds is 9. The number of halogens is 2. The summed E-state index contributed by atoms with van der Waals surface area (Å²) in [6.07, 6.45) is 8.53. The van der Waals surface area contributed by atoms with Crippen LogP contribution in [0.5, 0.6) is 0 Å². The normalized spacial score (nSPS) is 19.5. The largest absolute Gasteiger partial charge is 0.349 e. The second-order valence-electron chi connectivity index (χ2n) is 10.4. The zero-order valence-electron chi connectivity index (χ0n) is 21.2. The zero-order chi connectivity index (χ0) is 26.2. The molecular formula is C26H33F2N7O2. The minimum absolute atomic E-state index is 0.0235. The number of imidazole rings is 1. The van der Waals surface area contributed by atoms with E-state index < -0.39 is 12.0 Å². The summed E-state index contributed by atoms with van der Waals surface area (Å²) in [5.41, 5.74) is 2.44. The van der Waals surface area contributed by atoms with Gasteiger partial charge in [-0.05, 0) is 61.6 Å². The third-order valence-corrected chi connectivity index (χ3v) is 7.50. The highest BCUT2D eigenvalue weighted by molar-refractivity contribution is 5.92. The number of aryl methyl sites for hydroxylation is 1. The van der Waals surface area contributed by atoms with E-state index in [1.807, 2.05) is 13.0 Å². The van der Waals surface area contributed by atoms with E-state index in [2.05, 4.69) is 20.8 Å². The van der Waals surface area contributed by atoms with E-state index in [4.69, 9.17) is 4.98 Å². The molecule has 2 aliphatic carbocycles. The van der Waals surface area contributed by atoms with Crippen molar-refractivity contribution >= 4 is 17.5 Å². The van der Waals surface area contributed by atoms with Gasteiger partial charge in [-0.25, -0.2) is 18.3 Å². The number of alkyl halides is 2. The molecule has 0 spiro atoms. The lowest BCUT2D eigenvalue weighted by Gasteiger charge is -2.33. The Labute approximate surface area is 214 Å². The number of hydrogen-bond acceptors (Lipinski definition) is 5. The quantitative estimate of drug-likeness (QED) is 0.448. The van der Waals surface area contributed by atoms with Crippen molar-refractivity contribution in [3.05, 3.63) is 47.7 Å². The molecule has 2 aliphatic rings. The Morgan fingerprint density at radius 1 is 1.11 bits per heavy atom. The fourth-order valence-electron chi connectivity index (χ4n) is 5.25. The van der Waals surface area contributed by atoms with Crippen molar-refractivity contribution in [2.45, 2.75) is 76.3 Å². The van der Waals surface area contributed by atoms with Crippen LogP contribution in [0.1, 0.15) is 92.1 Å². The van der Waals surface area contributed by atoms with Crippen LogP contribution >= 0.6 is 0 Å². The lowest BCUT2D eigenvalue weighted by molar-refractivity contribution is -0.122. The van der Waals surface area contributed by atoms with Gasteiger partial charge < -0.3 is 10.6 Å². The number of carbonyl (C=O) groups excluding carboxylic acids is 2. The third kappa shape index (κ3) is 5.65. The van der Waals surface area contributed by atoms with E-state index >= 15 is 0 Å². The predicted octanol–water partition coefficient (Wildman–Crippen LogP) is 4.13. The van der Waals surface area contributed by atoms with Crippen molar-refractivity contribution in [1.82, 2.24) is 35.0 Å². The van der Waals surface area contributed by atoms with Gasteiger partial charge in [-0.1, -0.05) is 6.92 Å². The Bertz CT molecular complexity index is 1270. The minimum atomic E-state index is -2.68. The van der Waals surface area contributed by atoms with Crippen molar-refractivity contribution < 1.29 is 18.4 Å². The molecule has 2 fully saturated rings. The Balaban J connectivity index is 1.43. The van der Waals surface area contributed by atoms with E-state index in [9.17, 15) is 18.4 Å². The first kappa shape index (κ1) is 25.3. The lowest BCUT2D eigenvalue weighted by atomic mass is 9.81. The number of amides is 2. The molecule has 0 bridgehead atoms. The van der Waals surface area contributed by atoms with Gasteiger partial charge in [0, 0.05) is 32.5 Å². The van der Waals surface area contributed by atoms with Crippen molar-refractivity contribution in [1.29, 1.82) is 0 Å². The van der Waals surface area contributed by atoms with Crippen LogP contribution in [0, 0.1) is 11.8 Å². The summed E-state index contributed by atoms with van der Waals surface area (Å²) in [6, 6.07) is 2.87. The molecule has 0 aliphatic heterocycles. The lowest BCUT2D eigenvalue weighted by Crippen LogP contribution is -2.38. The van der Waals surface area contributed by atoms with Gasteiger partial charge >= 0.3 is 0 Å². The molecule has 0 radical (unpaired) electrons. The molecular weight excluding hydrogens is 480 g/mol. The van der Waals surface area contributed by atoms with Gasteiger partial charge in [0.1, 0.15) is 5.69 Å². The number of aromatic nitrogens is 5. The molecule has 3 heterocycles. The van der Waals surface area contributed by atoms with Crippen LogP contribution in [0.4, 0.5) is 8.78 Å². The average Bonchev–Trinajstić information content (AvgIpc) is 3.47. The van der Waals surface area contributed by atoms with Crippen LogP contribution in [0.3, 0.4) is 0 Å². The first-order valence-electron chi connectivity index (χ1n) is 13.1. The fourth-order valence-corrected chi connectivity index (χ4v) is 5.25. The molecule has 1 unspecified atom stereocenters. The van der Waals surface area contributed by atoms with Crippen LogP contribution < -0.4 is 10.6 Å². The van der Waals surface area contributed by atoms with Crippen LogP contribution in [0.2, 0.25) is 0 Å². The van der Waals surface area contributed by atoms with Gasteiger partial charge in [-0.2, -0.15) is 10.2 Å². The SMILES string of the molecule is CCCC(=O)NC(c1cnn2cc([C@@H](NC(=O)c3ccnn3C)C3CCC(F)(F)CC3)nc2c1)C1CC1. The predicted molar refractivity (Wildman–Crippen MR) is 132 cm³/mol. The van der Waals surface area contributed by atoms with Gasteiger partial charge in [-0.15, -0.1) is 0 Å². The first-order valence-corrected chi connectivity index (χ1v) is 13.1. The van der Waals surface area contributed by atoms with E-state index in [0.29, 0.717) is 29.4 Å². The van der Waals surface area contributed by atoms with Crippen LogP contribution in [0.15, 0.2) is 30.7 Å². The molecule has 0 saturated heterocycles. The highest BCUT2D eigenvalue weighted by Gasteiger charge is 2.40. The molecule has 2 N–H and O–H groups in total. The van der Waals surface area contributed by atoms with E-state index in [0.717, 1.165) is 24.8 Å². The molecule has 9 nitrogen and oxygen atoms in total. The highest BCUT2D eigenvalue weighted by atomic mass is 19.3. The number of carbonyl (C=O) groups is 2. The molecule has 37 heavy (non-hydrogen) atoms. The van der Waals surface area contributed by atoms with Crippen LogP contribution in [-0.4, -0.2) is 42.1 Å². The number of nitrogens with one attached hydrogen (secondary N) is 2. The van der Waals surface area contributed by atoms with Gasteiger partial charge in [0.25, 0.3) is 5.91 Å². The van der Waals surface area contributed by atoms with Crippen LogP contribution in [0.25, 0.3) is 5.65 Å². The molecule has 11 heteroatoms. The second kappa shape index (κ2) is 10.2. The van der Waals surface area contributed by atoms with Crippen LogP contribution in [-0.2, 0) is 11.8 Å². The van der Waals surface area contributed by atoms with E-state index in [-0.39, 0.29) is 49.5 Å². The first-order chi connectivity index (χ1) is 17.7. The van der Waals surface area contributed by atoms with Gasteiger partial charge in [0.2, 0.25) is 11.8 Å². The summed E-state index contributed by atoms with van der Waals surface area (Å²) < 4.78 is 31.0. The number of fused-ring (bicyclic) bond motifs is 1. The van der Waals surface area contributed by atoms with Gasteiger partial charge in [-0.3, -0.25) is 14.3 Å². The monoisotopic (exact) mass is 513 g/mol. The Kier molecular flexibility index (Phi) is 6.96. The Morgan fingerprint density at radius 2 is 1.84 bits per heavy atom. The Morgan fingerprint density at radius 3 is 2.49 bits per heavy atom. The maximum atomic E-state index is 13.9. The van der Waals surface area contributed by atoms with Crippen molar-refractivity contribution in [3.8, 4) is 0 Å². The highest BCUT2D eigenvalue weighted by Crippen LogP contribution is 2.42. The maximum absolute atomic E-state index is 13.9. The molecule has 2 amide bonds. The van der Waals surface area contributed by atoms with Gasteiger partial charge in [0.05, 0.1) is 30.2 Å². The summed E-state index contributed by atoms with van der Waals surface area (Å²) in [5, 5.41) is 14.8. The molecule has 0 aromatic carbocycles. The third-order valence-electron chi connectivity index (χ3n) is 7.50. The number of nitrogens with zero attached hydrogens (tertiary/aromatic N) is 5. The molecule has 3 aromatic rings. The maximum Gasteiger partial charge on any atom is 0.270 e. The smallest absolute Gasteiger partial charge is 0.270 e. The molecule has 2 atom stereocenters. The Hall–Kier alpha value is -3.37. The van der Waals surface area contributed by atoms with Gasteiger partial charge in [0.15, 0.2) is 5.65 Å². The van der Waals surface area contributed by atoms with Crippen molar-refractivity contribution in [2.75, 3.05) is 0 Å². The van der Waals surface area contributed by atoms with Crippen molar-refractivity contribution in [2.24, 2.45) is 18.9 Å². The summed E-state index contributed by atoms with van der Waals surface area (Å²) in [5.74, 6) is -2.79. The topological polar surface area (TPSA) is 106 Å².